The molecule has 0 heterocycles. The van der Waals surface area contributed by atoms with Gasteiger partial charge in [0.25, 0.3) is 0 Å². The molecule has 1 N–H and O–H groups in total. The van der Waals surface area contributed by atoms with Crippen LogP contribution in [0.3, 0.4) is 0 Å². The van der Waals surface area contributed by atoms with Gasteiger partial charge in [-0.3, -0.25) is 0 Å². The van der Waals surface area contributed by atoms with E-state index in [1.165, 1.54) is 24.8 Å². The van der Waals surface area contributed by atoms with Crippen LogP contribution in [0.5, 0.6) is 0 Å². The molecule has 4 heteroatoms. The highest BCUT2D eigenvalue weighted by atomic mass is 35.5. The molecule has 3 unspecified atom stereocenters. The maximum Gasteiger partial charge on any atom is 0.0595 e. The molecule has 100 valence electrons. The van der Waals surface area contributed by atoms with Crippen LogP contribution in [-0.4, -0.2) is 17.5 Å². The minimum atomic E-state index is 0.324. The Kier molecular flexibility index (Phi) is 5.25. The third-order valence-corrected chi connectivity index (χ3v) is 5.48. The lowest BCUT2D eigenvalue weighted by Gasteiger charge is -2.20. The van der Waals surface area contributed by atoms with Crippen molar-refractivity contribution in [3.8, 4) is 0 Å². The van der Waals surface area contributed by atoms with E-state index in [1.54, 1.807) is 0 Å². The first-order chi connectivity index (χ1) is 8.60. The highest BCUT2D eigenvalue weighted by Gasteiger charge is 2.25. The predicted molar refractivity (Wildman–Crippen MR) is 83.0 cm³/mol. The van der Waals surface area contributed by atoms with E-state index in [0.717, 1.165) is 5.25 Å². The van der Waals surface area contributed by atoms with Gasteiger partial charge in [0.05, 0.1) is 10.0 Å². The first-order valence-corrected chi connectivity index (χ1v) is 8.38. The average Bonchev–Trinajstić information content (AvgIpc) is 2.80. The molecule has 1 aliphatic rings. The van der Waals surface area contributed by atoms with Crippen molar-refractivity contribution in [2.24, 2.45) is 0 Å². The zero-order valence-electron chi connectivity index (χ0n) is 10.7. The summed E-state index contributed by atoms with van der Waals surface area (Å²) in [4.78, 5) is 0. The van der Waals surface area contributed by atoms with Gasteiger partial charge in [-0.05, 0) is 50.1 Å². The van der Waals surface area contributed by atoms with Gasteiger partial charge in [-0.2, -0.15) is 11.8 Å². The van der Waals surface area contributed by atoms with Crippen LogP contribution in [-0.2, 0) is 0 Å². The Morgan fingerprint density at radius 3 is 2.67 bits per heavy atom. The van der Waals surface area contributed by atoms with Crippen LogP contribution in [0.4, 0.5) is 0 Å². The van der Waals surface area contributed by atoms with Crippen molar-refractivity contribution in [3.63, 3.8) is 0 Å². The van der Waals surface area contributed by atoms with Gasteiger partial charge in [-0.25, -0.2) is 0 Å². The molecule has 1 aliphatic carbocycles. The molecule has 2 rings (SSSR count). The average molecular weight is 304 g/mol. The topological polar surface area (TPSA) is 12.0 Å². The molecular weight excluding hydrogens is 285 g/mol. The molecule has 0 spiro atoms. The smallest absolute Gasteiger partial charge is 0.0595 e. The van der Waals surface area contributed by atoms with Crippen LogP contribution in [0, 0.1) is 0 Å². The lowest BCUT2D eigenvalue weighted by Crippen LogP contribution is -2.29. The van der Waals surface area contributed by atoms with E-state index in [9.17, 15) is 0 Å². The second kappa shape index (κ2) is 6.51. The monoisotopic (exact) mass is 303 g/mol. The zero-order valence-corrected chi connectivity index (χ0v) is 13.1. The van der Waals surface area contributed by atoms with Crippen LogP contribution in [0.1, 0.15) is 37.8 Å². The Labute approximate surface area is 124 Å². The Balaban J connectivity index is 1.95. The number of thioether (sulfide) groups is 1. The van der Waals surface area contributed by atoms with Gasteiger partial charge in [0.2, 0.25) is 0 Å². The third kappa shape index (κ3) is 3.57. The molecule has 1 fully saturated rings. The SMILES string of the molecule is CSC1CCC(NC(C)c2ccc(Cl)c(Cl)c2)C1. The van der Waals surface area contributed by atoms with E-state index in [1.807, 2.05) is 30.0 Å². The fraction of sp³-hybridized carbons (Fsp3) is 0.571. The maximum atomic E-state index is 6.06. The first-order valence-electron chi connectivity index (χ1n) is 6.34. The molecule has 1 aromatic rings. The molecule has 0 bridgehead atoms. The lowest BCUT2D eigenvalue weighted by atomic mass is 10.1. The quantitative estimate of drug-likeness (QED) is 0.846. The van der Waals surface area contributed by atoms with Crippen LogP contribution >= 0.6 is 35.0 Å². The van der Waals surface area contributed by atoms with E-state index in [0.29, 0.717) is 22.1 Å². The van der Waals surface area contributed by atoms with Crippen LogP contribution in [0.25, 0.3) is 0 Å². The van der Waals surface area contributed by atoms with Gasteiger partial charge >= 0.3 is 0 Å². The second-order valence-electron chi connectivity index (χ2n) is 4.93. The molecule has 1 nitrogen and oxygen atoms in total. The van der Waals surface area contributed by atoms with E-state index in [-0.39, 0.29) is 0 Å². The Hall–Kier alpha value is 0.110. The standard InChI is InChI=1S/C14H19Cl2NS/c1-9(10-3-6-13(15)14(16)7-10)17-11-4-5-12(8-11)18-2/h3,6-7,9,11-12,17H,4-5,8H2,1-2H3. The Bertz CT molecular complexity index is 411. The van der Waals surface area contributed by atoms with Gasteiger partial charge in [0.1, 0.15) is 0 Å². The number of hydrogen-bond acceptors (Lipinski definition) is 2. The van der Waals surface area contributed by atoms with E-state index < -0.39 is 0 Å². The summed E-state index contributed by atoms with van der Waals surface area (Å²) >= 11 is 14.0. The number of benzene rings is 1. The van der Waals surface area contributed by atoms with Gasteiger partial charge in [0.15, 0.2) is 0 Å². The molecule has 0 amide bonds. The molecule has 0 aliphatic heterocycles. The summed E-state index contributed by atoms with van der Waals surface area (Å²) in [6, 6.07) is 6.84. The van der Waals surface area contributed by atoms with Crippen molar-refractivity contribution in [1.29, 1.82) is 0 Å². The number of rotatable bonds is 4. The molecule has 1 aromatic carbocycles. The Morgan fingerprint density at radius 1 is 1.28 bits per heavy atom. The number of halogens is 2. The normalized spacial score (nSPS) is 25.3. The fourth-order valence-electron chi connectivity index (χ4n) is 2.54. The number of nitrogens with one attached hydrogen (secondary N) is 1. The molecule has 18 heavy (non-hydrogen) atoms. The molecule has 0 radical (unpaired) electrons. The largest absolute Gasteiger partial charge is 0.307 e. The van der Waals surface area contributed by atoms with Crippen LogP contribution in [0.15, 0.2) is 18.2 Å². The Morgan fingerprint density at radius 2 is 2.06 bits per heavy atom. The summed E-state index contributed by atoms with van der Waals surface area (Å²) < 4.78 is 0. The molecule has 0 saturated heterocycles. The molecular formula is C14H19Cl2NS. The van der Waals surface area contributed by atoms with Gasteiger partial charge in [0, 0.05) is 17.3 Å². The molecule has 0 aromatic heterocycles. The summed E-state index contributed by atoms with van der Waals surface area (Å²) in [5.41, 5.74) is 1.21. The minimum Gasteiger partial charge on any atom is -0.307 e. The summed E-state index contributed by atoms with van der Waals surface area (Å²) in [6.45, 7) is 2.19. The first kappa shape index (κ1) is 14.5. The summed E-state index contributed by atoms with van der Waals surface area (Å²) in [5.74, 6) is 0. The fourth-order valence-corrected chi connectivity index (χ4v) is 3.64. The van der Waals surface area contributed by atoms with E-state index in [2.05, 4.69) is 18.5 Å². The van der Waals surface area contributed by atoms with Crippen molar-refractivity contribution in [3.05, 3.63) is 33.8 Å². The second-order valence-corrected chi connectivity index (χ2v) is 6.88. The van der Waals surface area contributed by atoms with Crippen molar-refractivity contribution >= 4 is 35.0 Å². The van der Waals surface area contributed by atoms with Crippen molar-refractivity contribution in [2.45, 2.75) is 43.5 Å². The number of hydrogen-bond donors (Lipinski definition) is 1. The van der Waals surface area contributed by atoms with Crippen molar-refractivity contribution < 1.29 is 0 Å². The highest BCUT2D eigenvalue weighted by Crippen LogP contribution is 2.31. The van der Waals surface area contributed by atoms with Gasteiger partial charge < -0.3 is 5.32 Å². The van der Waals surface area contributed by atoms with E-state index in [4.69, 9.17) is 23.2 Å². The molecule has 1 saturated carbocycles. The predicted octanol–water partition coefficient (Wildman–Crippen LogP) is 4.93. The minimum absolute atomic E-state index is 0.324. The van der Waals surface area contributed by atoms with Crippen molar-refractivity contribution in [1.82, 2.24) is 5.32 Å². The zero-order chi connectivity index (χ0) is 13.1. The van der Waals surface area contributed by atoms with Crippen LogP contribution in [0.2, 0.25) is 10.0 Å². The summed E-state index contributed by atoms with van der Waals surface area (Å²) in [6.07, 6.45) is 6.08. The van der Waals surface area contributed by atoms with Crippen LogP contribution < -0.4 is 5.32 Å². The summed E-state index contributed by atoms with van der Waals surface area (Å²) in [5, 5.41) is 5.77. The van der Waals surface area contributed by atoms with Gasteiger partial charge in [-0.1, -0.05) is 29.3 Å². The third-order valence-electron chi connectivity index (χ3n) is 3.65. The van der Waals surface area contributed by atoms with Gasteiger partial charge in [-0.15, -0.1) is 0 Å². The molecule has 3 atom stereocenters. The lowest BCUT2D eigenvalue weighted by molar-refractivity contribution is 0.462. The van der Waals surface area contributed by atoms with Crippen molar-refractivity contribution in [2.75, 3.05) is 6.26 Å². The van der Waals surface area contributed by atoms with E-state index >= 15 is 0 Å². The highest BCUT2D eigenvalue weighted by molar-refractivity contribution is 7.99. The summed E-state index contributed by atoms with van der Waals surface area (Å²) in [7, 11) is 0. The maximum absolute atomic E-state index is 6.06.